The second kappa shape index (κ2) is 11.5. The van der Waals surface area contributed by atoms with Crippen molar-refractivity contribution >= 4 is 58.4 Å². The van der Waals surface area contributed by atoms with Gasteiger partial charge >= 0.3 is 0 Å². The van der Waals surface area contributed by atoms with Gasteiger partial charge in [0.2, 0.25) is 11.8 Å². The van der Waals surface area contributed by atoms with Crippen LogP contribution in [0.25, 0.3) is 0 Å². The van der Waals surface area contributed by atoms with E-state index in [0.717, 1.165) is 11.1 Å². The van der Waals surface area contributed by atoms with Gasteiger partial charge in [-0.05, 0) is 57.0 Å². The lowest BCUT2D eigenvalue weighted by atomic mass is 10.1. The van der Waals surface area contributed by atoms with Crippen molar-refractivity contribution in [1.82, 2.24) is 10.2 Å². The fourth-order valence-corrected chi connectivity index (χ4v) is 4.35. The van der Waals surface area contributed by atoms with E-state index in [9.17, 15) is 9.59 Å². The van der Waals surface area contributed by atoms with Crippen molar-refractivity contribution in [3.8, 4) is 0 Å². The van der Waals surface area contributed by atoms with Crippen LogP contribution in [-0.4, -0.2) is 34.0 Å². The number of halogens is 3. The number of nitrogens with one attached hydrogen (secondary N) is 1. The summed E-state index contributed by atoms with van der Waals surface area (Å²) in [5.74, 6) is 0.477. The number of carbonyl (C=O) groups excluding carboxylic acids is 2. The van der Waals surface area contributed by atoms with E-state index in [-0.39, 0.29) is 24.1 Å². The number of rotatable bonds is 8. The highest BCUT2D eigenvalue weighted by molar-refractivity contribution is 7.99. The molecule has 1 N–H and O–H groups in total. The Hall–Kier alpha value is -1.40. The number of thioether (sulfide) groups is 1. The van der Waals surface area contributed by atoms with E-state index in [1.165, 1.54) is 11.8 Å². The van der Waals surface area contributed by atoms with E-state index < -0.39 is 11.6 Å². The number of carbonyl (C=O) groups is 2. The van der Waals surface area contributed by atoms with Crippen LogP contribution in [0.15, 0.2) is 42.5 Å². The summed E-state index contributed by atoms with van der Waals surface area (Å²) in [5, 5.41) is 4.47. The van der Waals surface area contributed by atoms with Gasteiger partial charge in [-0.15, -0.1) is 11.8 Å². The summed E-state index contributed by atoms with van der Waals surface area (Å²) in [6.45, 7) is 7.70. The summed E-state index contributed by atoms with van der Waals surface area (Å²) >= 11 is 19.8. The first-order chi connectivity index (χ1) is 14.5. The third-order valence-electron chi connectivity index (χ3n) is 4.44. The zero-order valence-electron chi connectivity index (χ0n) is 18.0. The van der Waals surface area contributed by atoms with Crippen LogP contribution in [0.3, 0.4) is 0 Å². The Kier molecular flexibility index (Phi) is 9.56. The molecule has 168 valence electrons. The van der Waals surface area contributed by atoms with E-state index in [2.05, 4.69) is 5.32 Å². The van der Waals surface area contributed by atoms with Crippen LogP contribution in [0.4, 0.5) is 0 Å². The minimum absolute atomic E-state index is 0.139. The Balaban J connectivity index is 2.14. The molecule has 0 spiro atoms. The average molecular weight is 502 g/mol. The third kappa shape index (κ3) is 8.23. The average Bonchev–Trinajstić information content (AvgIpc) is 2.68. The maximum atomic E-state index is 13.1. The molecular formula is C23H27Cl3N2O2S. The third-order valence-corrected chi connectivity index (χ3v) is 6.52. The van der Waals surface area contributed by atoms with E-state index in [4.69, 9.17) is 34.8 Å². The summed E-state index contributed by atoms with van der Waals surface area (Å²) in [4.78, 5) is 27.5. The first kappa shape index (κ1) is 25.9. The molecule has 0 aliphatic carbocycles. The van der Waals surface area contributed by atoms with Gasteiger partial charge in [0.25, 0.3) is 0 Å². The SMILES string of the molecule is CC(C(=O)NC(C)(C)C)N(Cc1ccc(Cl)c(Cl)c1)C(=O)CSCc1ccccc1Cl. The highest BCUT2D eigenvalue weighted by Gasteiger charge is 2.28. The molecule has 8 heteroatoms. The number of amides is 2. The largest absolute Gasteiger partial charge is 0.350 e. The fraction of sp³-hybridized carbons (Fsp3) is 0.391. The Morgan fingerprint density at radius 1 is 1.03 bits per heavy atom. The Morgan fingerprint density at radius 3 is 2.32 bits per heavy atom. The monoisotopic (exact) mass is 500 g/mol. The first-order valence-electron chi connectivity index (χ1n) is 9.84. The topological polar surface area (TPSA) is 49.4 Å². The van der Waals surface area contributed by atoms with Crippen molar-refractivity contribution < 1.29 is 9.59 Å². The Labute approximate surface area is 203 Å². The second-order valence-corrected chi connectivity index (χ2v) is 10.5. The van der Waals surface area contributed by atoms with E-state index >= 15 is 0 Å². The van der Waals surface area contributed by atoms with Crippen molar-refractivity contribution in [3.05, 3.63) is 68.7 Å². The van der Waals surface area contributed by atoms with Crippen LogP contribution in [0.1, 0.15) is 38.8 Å². The van der Waals surface area contributed by atoms with Crippen LogP contribution in [0.2, 0.25) is 15.1 Å². The van der Waals surface area contributed by atoms with Gasteiger partial charge < -0.3 is 10.2 Å². The smallest absolute Gasteiger partial charge is 0.242 e. The molecule has 1 atom stereocenters. The molecule has 2 aromatic carbocycles. The standard InChI is InChI=1S/C23H27Cl3N2O2S/c1-15(22(30)27-23(2,3)4)28(12-16-9-10-19(25)20(26)11-16)21(29)14-31-13-17-7-5-6-8-18(17)24/h5-11,15H,12-14H2,1-4H3,(H,27,30). The zero-order valence-corrected chi connectivity index (χ0v) is 21.1. The maximum Gasteiger partial charge on any atom is 0.242 e. The molecule has 2 rings (SSSR count). The summed E-state index contributed by atoms with van der Waals surface area (Å²) in [6.07, 6.45) is 0. The second-order valence-electron chi connectivity index (χ2n) is 8.27. The maximum absolute atomic E-state index is 13.1. The molecule has 0 fully saturated rings. The molecule has 1 unspecified atom stereocenters. The van der Waals surface area contributed by atoms with E-state index in [0.29, 0.717) is 20.8 Å². The molecule has 0 aliphatic heterocycles. The van der Waals surface area contributed by atoms with Gasteiger partial charge in [-0.25, -0.2) is 0 Å². The molecule has 2 amide bonds. The number of nitrogens with zero attached hydrogens (tertiary/aromatic N) is 1. The highest BCUT2D eigenvalue weighted by atomic mass is 35.5. The van der Waals surface area contributed by atoms with Crippen molar-refractivity contribution in [2.24, 2.45) is 0 Å². The predicted octanol–water partition coefficient (Wildman–Crippen LogP) is 6.21. The van der Waals surface area contributed by atoms with E-state index in [1.54, 1.807) is 30.0 Å². The van der Waals surface area contributed by atoms with Crippen LogP contribution in [-0.2, 0) is 21.9 Å². The van der Waals surface area contributed by atoms with Crippen molar-refractivity contribution in [2.75, 3.05) is 5.75 Å². The Bertz CT molecular complexity index is 931. The summed E-state index contributed by atoms with van der Waals surface area (Å²) in [5.41, 5.74) is 1.37. The molecular weight excluding hydrogens is 475 g/mol. The van der Waals surface area contributed by atoms with Gasteiger partial charge in [0.05, 0.1) is 15.8 Å². The molecule has 0 aromatic heterocycles. The minimum atomic E-state index is -0.651. The van der Waals surface area contributed by atoms with Gasteiger partial charge in [0.1, 0.15) is 6.04 Å². The molecule has 0 radical (unpaired) electrons. The van der Waals surface area contributed by atoms with Gasteiger partial charge in [-0.2, -0.15) is 0 Å². The molecule has 31 heavy (non-hydrogen) atoms. The van der Waals surface area contributed by atoms with Crippen molar-refractivity contribution in [1.29, 1.82) is 0 Å². The molecule has 0 saturated carbocycles. The van der Waals surface area contributed by atoms with Gasteiger partial charge in [0, 0.05) is 22.9 Å². The molecule has 0 saturated heterocycles. The lowest BCUT2D eigenvalue weighted by molar-refractivity contribution is -0.139. The summed E-state index contributed by atoms with van der Waals surface area (Å²) in [7, 11) is 0. The minimum Gasteiger partial charge on any atom is -0.350 e. The fourth-order valence-electron chi connectivity index (χ4n) is 2.84. The van der Waals surface area contributed by atoms with Crippen LogP contribution >= 0.6 is 46.6 Å². The normalized spacial score (nSPS) is 12.4. The molecule has 2 aromatic rings. The highest BCUT2D eigenvalue weighted by Crippen LogP contribution is 2.25. The van der Waals surface area contributed by atoms with E-state index in [1.807, 2.05) is 45.0 Å². The van der Waals surface area contributed by atoms with Crippen molar-refractivity contribution in [3.63, 3.8) is 0 Å². The first-order valence-corrected chi connectivity index (χ1v) is 12.1. The lowest BCUT2D eigenvalue weighted by Crippen LogP contribution is -2.52. The molecule has 4 nitrogen and oxygen atoms in total. The number of benzene rings is 2. The zero-order chi connectivity index (χ0) is 23.2. The molecule has 0 heterocycles. The van der Waals surface area contributed by atoms with Crippen LogP contribution in [0.5, 0.6) is 0 Å². The Morgan fingerprint density at radius 2 is 1.71 bits per heavy atom. The summed E-state index contributed by atoms with van der Waals surface area (Å²) in [6, 6.07) is 12.1. The number of hydrogen-bond acceptors (Lipinski definition) is 3. The lowest BCUT2D eigenvalue weighted by Gasteiger charge is -2.31. The molecule has 0 bridgehead atoms. The van der Waals surface area contributed by atoms with Crippen LogP contribution in [0, 0.1) is 0 Å². The van der Waals surface area contributed by atoms with Gasteiger partial charge in [-0.1, -0.05) is 59.1 Å². The number of hydrogen-bond donors (Lipinski definition) is 1. The van der Waals surface area contributed by atoms with Crippen molar-refractivity contribution in [2.45, 2.75) is 51.6 Å². The van der Waals surface area contributed by atoms with Gasteiger partial charge in [-0.3, -0.25) is 9.59 Å². The quantitative estimate of drug-likeness (QED) is 0.468. The predicted molar refractivity (Wildman–Crippen MR) is 132 cm³/mol. The summed E-state index contributed by atoms with van der Waals surface area (Å²) < 4.78 is 0. The molecule has 0 aliphatic rings. The van der Waals surface area contributed by atoms with Gasteiger partial charge in [0.15, 0.2) is 0 Å². The van der Waals surface area contributed by atoms with Crippen LogP contribution < -0.4 is 5.32 Å².